The zero-order valence-corrected chi connectivity index (χ0v) is 19.5. The van der Waals surface area contributed by atoms with Crippen LogP contribution in [0.5, 0.6) is 0 Å². The zero-order chi connectivity index (χ0) is 26.2. The molecule has 0 atom stereocenters. The molecule has 12 heteroatoms. The van der Waals surface area contributed by atoms with E-state index in [4.69, 9.17) is 5.73 Å². The van der Waals surface area contributed by atoms with Crippen LogP contribution in [0.4, 0.5) is 24.5 Å². The van der Waals surface area contributed by atoms with Gasteiger partial charge in [0.2, 0.25) is 11.8 Å². The van der Waals surface area contributed by atoms with E-state index in [2.05, 4.69) is 10.4 Å². The molecule has 0 saturated carbocycles. The molecule has 0 bridgehead atoms. The molecule has 1 aromatic heterocycles. The summed E-state index contributed by atoms with van der Waals surface area (Å²) < 4.78 is 42.3. The van der Waals surface area contributed by atoms with Crippen molar-refractivity contribution < 1.29 is 27.6 Å². The predicted molar refractivity (Wildman–Crippen MR) is 126 cm³/mol. The van der Waals surface area contributed by atoms with Gasteiger partial charge in [-0.25, -0.2) is 4.68 Å². The third-order valence-electron chi connectivity index (χ3n) is 5.91. The lowest BCUT2D eigenvalue weighted by molar-refractivity contribution is -0.142. The molecule has 0 aliphatic carbocycles. The number of primary amides is 1. The Morgan fingerprint density at radius 3 is 2.44 bits per heavy atom. The molecule has 9 nitrogen and oxygen atoms in total. The number of rotatable bonds is 6. The lowest BCUT2D eigenvalue weighted by Gasteiger charge is -2.28. The molecule has 0 unspecified atom stereocenters. The van der Waals surface area contributed by atoms with Crippen LogP contribution in [0.15, 0.2) is 48.5 Å². The minimum atomic E-state index is -4.77. The Hall–Kier alpha value is -4.19. The molecule has 2 aromatic carbocycles. The van der Waals surface area contributed by atoms with Gasteiger partial charge < -0.3 is 20.9 Å². The topological polar surface area (TPSA) is 114 Å². The fraction of sp³-hybridized carbons (Fsp3) is 0.250. The van der Waals surface area contributed by atoms with Gasteiger partial charge >= 0.3 is 6.18 Å². The maximum absolute atomic E-state index is 13.8. The van der Waals surface area contributed by atoms with Gasteiger partial charge in [0, 0.05) is 36.1 Å². The van der Waals surface area contributed by atoms with Gasteiger partial charge in [0.1, 0.15) is 5.69 Å². The summed E-state index contributed by atoms with van der Waals surface area (Å²) in [5.74, 6) is -1.60. The molecule has 0 saturated heterocycles. The van der Waals surface area contributed by atoms with Gasteiger partial charge in [-0.2, -0.15) is 18.3 Å². The average molecular weight is 500 g/mol. The molecule has 36 heavy (non-hydrogen) atoms. The minimum Gasteiger partial charge on any atom is -0.366 e. The number of anilines is 2. The number of carbonyl (C=O) groups excluding carboxylic acids is 3. The largest absolute Gasteiger partial charge is 0.435 e. The predicted octanol–water partition coefficient (Wildman–Crippen LogP) is 2.38. The number of likely N-dealkylation sites (N-methyl/N-ethyl adjacent to an activating group) is 2. The normalized spacial score (nSPS) is 13.5. The van der Waals surface area contributed by atoms with Gasteiger partial charge in [-0.3, -0.25) is 14.4 Å². The van der Waals surface area contributed by atoms with Gasteiger partial charge in [-0.05, 0) is 55.9 Å². The first-order chi connectivity index (χ1) is 17.0. The summed E-state index contributed by atoms with van der Waals surface area (Å²) in [5.41, 5.74) is 4.95. The molecule has 0 fully saturated rings. The Morgan fingerprint density at radius 1 is 1.14 bits per heavy atom. The van der Waals surface area contributed by atoms with Crippen molar-refractivity contribution >= 4 is 29.1 Å². The molecule has 1 aliphatic heterocycles. The number of hydrogen-bond donors (Lipinski definition) is 2. The van der Waals surface area contributed by atoms with Gasteiger partial charge in [0.05, 0.1) is 12.2 Å². The maximum atomic E-state index is 13.8. The standard InChI is InChI=1S/C24H23F3N6O3/c1-29-13-19(34)31(2)15-6-8-16(9-7-15)32-11-10-18-20(23(32)36)33(30-21(18)24(25,26)27)17-5-3-4-14(12-17)22(28)35/h3-9,12,29H,10-11,13H2,1-2H3,(H2,28,35). The number of nitrogens with zero attached hydrogens (tertiary/aromatic N) is 4. The van der Waals surface area contributed by atoms with Crippen LogP contribution in [0.3, 0.4) is 0 Å². The lowest BCUT2D eigenvalue weighted by atomic mass is 10.0. The number of halogens is 3. The van der Waals surface area contributed by atoms with Crippen molar-refractivity contribution in [3.8, 4) is 5.69 Å². The second kappa shape index (κ2) is 9.46. The molecule has 3 aromatic rings. The highest BCUT2D eigenvalue weighted by molar-refractivity contribution is 6.08. The molecule has 2 heterocycles. The number of benzene rings is 2. The SMILES string of the molecule is CNCC(=O)N(C)c1ccc(N2CCc3c(C(F)(F)F)nn(-c4cccc(C(N)=O)c4)c3C2=O)cc1. The first-order valence-electron chi connectivity index (χ1n) is 11.0. The quantitative estimate of drug-likeness (QED) is 0.540. The zero-order valence-electron chi connectivity index (χ0n) is 19.5. The van der Waals surface area contributed by atoms with Crippen LogP contribution < -0.4 is 20.9 Å². The Morgan fingerprint density at radius 2 is 1.83 bits per heavy atom. The summed E-state index contributed by atoms with van der Waals surface area (Å²) >= 11 is 0. The number of aromatic nitrogens is 2. The Labute approximate surface area is 204 Å². The Bertz CT molecular complexity index is 1330. The van der Waals surface area contributed by atoms with Gasteiger partial charge in [0.25, 0.3) is 5.91 Å². The van der Waals surface area contributed by atoms with Crippen LogP contribution in [0.25, 0.3) is 5.69 Å². The Kier molecular flexibility index (Phi) is 6.55. The summed E-state index contributed by atoms with van der Waals surface area (Å²) in [6.07, 6.45) is -4.85. The van der Waals surface area contributed by atoms with E-state index < -0.39 is 23.7 Å². The number of carbonyl (C=O) groups is 3. The van der Waals surface area contributed by atoms with Crippen LogP contribution in [-0.2, 0) is 17.4 Å². The fourth-order valence-corrected chi connectivity index (χ4v) is 4.08. The second-order valence-corrected chi connectivity index (χ2v) is 8.21. The van der Waals surface area contributed by atoms with E-state index >= 15 is 0 Å². The van der Waals surface area contributed by atoms with Gasteiger partial charge in [0.15, 0.2) is 5.69 Å². The average Bonchev–Trinajstić information content (AvgIpc) is 3.25. The van der Waals surface area contributed by atoms with Crippen molar-refractivity contribution in [2.24, 2.45) is 5.73 Å². The summed E-state index contributed by atoms with van der Waals surface area (Å²) in [7, 11) is 3.27. The maximum Gasteiger partial charge on any atom is 0.435 e. The molecular weight excluding hydrogens is 477 g/mol. The van der Waals surface area contributed by atoms with Crippen molar-refractivity contribution in [1.29, 1.82) is 0 Å². The highest BCUT2D eigenvalue weighted by Gasteiger charge is 2.43. The van der Waals surface area contributed by atoms with Crippen molar-refractivity contribution in [1.82, 2.24) is 15.1 Å². The van der Waals surface area contributed by atoms with Crippen LogP contribution >= 0.6 is 0 Å². The summed E-state index contributed by atoms with van der Waals surface area (Å²) in [6.45, 7) is 0.157. The van der Waals surface area contributed by atoms with Crippen molar-refractivity contribution in [2.45, 2.75) is 12.6 Å². The lowest BCUT2D eigenvalue weighted by Crippen LogP contribution is -2.39. The third kappa shape index (κ3) is 4.54. The van der Waals surface area contributed by atoms with E-state index in [-0.39, 0.29) is 47.9 Å². The molecule has 3 amide bonds. The Balaban J connectivity index is 1.74. The number of nitrogens with one attached hydrogen (secondary N) is 1. The number of hydrogen-bond acceptors (Lipinski definition) is 5. The van der Waals surface area contributed by atoms with Crippen LogP contribution in [0.2, 0.25) is 0 Å². The molecule has 3 N–H and O–H groups in total. The minimum absolute atomic E-state index is 0.00973. The second-order valence-electron chi connectivity index (χ2n) is 8.21. The van der Waals surface area contributed by atoms with Crippen LogP contribution in [0, 0.1) is 0 Å². The molecule has 0 spiro atoms. The third-order valence-corrected chi connectivity index (χ3v) is 5.91. The fourth-order valence-electron chi connectivity index (χ4n) is 4.08. The van der Waals surface area contributed by atoms with E-state index in [0.717, 1.165) is 4.68 Å². The van der Waals surface area contributed by atoms with Gasteiger partial charge in [-0.1, -0.05) is 6.07 Å². The van der Waals surface area contributed by atoms with Gasteiger partial charge in [-0.15, -0.1) is 0 Å². The van der Waals surface area contributed by atoms with Crippen LogP contribution in [-0.4, -0.2) is 54.7 Å². The van der Waals surface area contributed by atoms with Crippen molar-refractivity contribution in [2.75, 3.05) is 37.0 Å². The molecule has 4 rings (SSSR count). The molecule has 188 valence electrons. The molecule has 1 aliphatic rings. The summed E-state index contributed by atoms with van der Waals surface area (Å²) in [5, 5.41) is 6.51. The number of fused-ring (bicyclic) bond motifs is 1. The van der Waals surface area contributed by atoms with E-state index in [1.165, 1.54) is 34.1 Å². The van der Waals surface area contributed by atoms with E-state index in [1.54, 1.807) is 38.4 Å². The van der Waals surface area contributed by atoms with Crippen molar-refractivity contribution in [3.05, 3.63) is 71.0 Å². The molecule has 0 radical (unpaired) electrons. The summed E-state index contributed by atoms with van der Waals surface area (Å²) in [6, 6.07) is 12.2. The smallest absolute Gasteiger partial charge is 0.366 e. The monoisotopic (exact) mass is 500 g/mol. The van der Waals surface area contributed by atoms with E-state index in [0.29, 0.717) is 11.4 Å². The summed E-state index contributed by atoms with van der Waals surface area (Å²) in [4.78, 5) is 40.0. The van der Waals surface area contributed by atoms with E-state index in [9.17, 15) is 27.6 Å². The first-order valence-corrected chi connectivity index (χ1v) is 11.0. The number of nitrogens with two attached hydrogens (primary N) is 1. The van der Waals surface area contributed by atoms with E-state index in [1.807, 2.05) is 0 Å². The first kappa shape index (κ1) is 24.9. The highest BCUT2D eigenvalue weighted by atomic mass is 19.4. The molecular formula is C24H23F3N6O3. The van der Waals surface area contributed by atoms with Crippen LogP contribution in [0.1, 0.15) is 32.1 Å². The number of alkyl halides is 3. The van der Waals surface area contributed by atoms with Crippen molar-refractivity contribution in [3.63, 3.8) is 0 Å². The number of amides is 3. The highest BCUT2D eigenvalue weighted by Crippen LogP contribution is 2.37.